The smallest absolute Gasteiger partial charge is 0.230 e. The van der Waals surface area contributed by atoms with Gasteiger partial charge in [-0.15, -0.1) is 10.2 Å². The topological polar surface area (TPSA) is 58.1 Å². The Morgan fingerprint density at radius 2 is 1.84 bits per heavy atom. The lowest BCUT2D eigenvalue weighted by Gasteiger charge is -2.12. The Balaban J connectivity index is 1.70. The Kier molecular flexibility index (Phi) is 8.57. The first-order chi connectivity index (χ1) is 12.1. The average molecular weight is 397 g/mol. The van der Waals surface area contributed by atoms with E-state index in [2.05, 4.69) is 39.5 Å². The Morgan fingerprint density at radius 3 is 2.48 bits per heavy atom. The molecule has 8 heteroatoms. The zero-order chi connectivity index (χ0) is 18.1. The molecule has 2 rings (SSSR count). The molecule has 0 bridgehead atoms. The van der Waals surface area contributed by atoms with Gasteiger partial charge >= 0.3 is 0 Å². The fraction of sp³-hybridized carbons (Fsp3) is 0.471. The van der Waals surface area contributed by atoms with E-state index in [4.69, 9.17) is 0 Å². The number of hydrogen-bond acceptors (Lipinski definition) is 7. The molecule has 0 saturated carbocycles. The Labute approximate surface area is 162 Å². The normalized spacial score (nSPS) is 10.7. The van der Waals surface area contributed by atoms with Gasteiger partial charge in [-0.05, 0) is 24.1 Å². The van der Waals surface area contributed by atoms with Crippen LogP contribution in [0.1, 0.15) is 25.3 Å². The fourth-order valence-corrected chi connectivity index (χ4v) is 4.91. The quantitative estimate of drug-likeness (QED) is 0.485. The fourth-order valence-electron chi connectivity index (χ4n) is 1.91. The van der Waals surface area contributed by atoms with Crippen LogP contribution in [-0.4, -0.2) is 41.7 Å². The second kappa shape index (κ2) is 10.7. The van der Waals surface area contributed by atoms with Gasteiger partial charge in [0.1, 0.15) is 0 Å². The molecule has 1 N–H and O–H groups in total. The molecule has 0 fully saturated rings. The highest BCUT2D eigenvalue weighted by Crippen LogP contribution is 2.29. The molecular formula is C17H24N4OS3. The predicted octanol–water partition coefficient (Wildman–Crippen LogP) is 3.90. The molecule has 25 heavy (non-hydrogen) atoms. The largest absolute Gasteiger partial charge is 0.378 e. The summed E-state index contributed by atoms with van der Waals surface area (Å²) in [6.45, 7) is 2.72. The van der Waals surface area contributed by atoms with E-state index in [1.54, 1.807) is 23.1 Å². The van der Waals surface area contributed by atoms with Gasteiger partial charge < -0.3 is 10.2 Å². The van der Waals surface area contributed by atoms with Crippen LogP contribution >= 0.6 is 34.9 Å². The van der Waals surface area contributed by atoms with Crippen molar-refractivity contribution < 1.29 is 4.79 Å². The highest BCUT2D eigenvalue weighted by atomic mass is 32.2. The molecule has 0 unspecified atom stereocenters. The van der Waals surface area contributed by atoms with E-state index >= 15 is 0 Å². The van der Waals surface area contributed by atoms with Crippen LogP contribution in [0.3, 0.4) is 0 Å². The molecule has 0 aliphatic rings. The zero-order valence-electron chi connectivity index (χ0n) is 14.8. The number of benzene rings is 1. The minimum Gasteiger partial charge on any atom is -0.378 e. The van der Waals surface area contributed by atoms with E-state index in [1.165, 1.54) is 24.6 Å². The second-order valence-electron chi connectivity index (χ2n) is 5.66. The average Bonchev–Trinajstić information content (AvgIpc) is 3.06. The molecule has 5 nitrogen and oxygen atoms in total. The third-order valence-corrected chi connectivity index (χ3v) is 6.66. The van der Waals surface area contributed by atoms with Gasteiger partial charge in [0.05, 0.1) is 5.75 Å². The van der Waals surface area contributed by atoms with Gasteiger partial charge in [0.25, 0.3) is 0 Å². The third-order valence-electron chi connectivity index (χ3n) is 3.38. The monoisotopic (exact) mass is 396 g/mol. The number of carbonyl (C=O) groups excluding carboxylic acids is 1. The van der Waals surface area contributed by atoms with E-state index in [1.807, 2.05) is 26.2 Å². The predicted molar refractivity (Wildman–Crippen MR) is 109 cm³/mol. The van der Waals surface area contributed by atoms with Crippen molar-refractivity contribution in [3.05, 3.63) is 29.8 Å². The third kappa shape index (κ3) is 7.25. The van der Waals surface area contributed by atoms with Gasteiger partial charge in [-0.25, -0.2) is 0 Å². The number of unbranched alkanes of at least 4 members (excludes halogenated alkanes) is 1. The molecule has 1 amide bonds. The minimum absolute atomic E-state index is 0.0112. The number of carbonyl (C=O) groups is 1. The van der Waals surface area contributed by atoms with Gasteiger partial charge in [0.2, 0.25) is 5.91 Å². The molecule has 2 aromatic rings. The first kappa shape index (κ1) is 20.1. The maximum absolute atomic E-state index is 12.0. The summed E-state index contributed by atoms with van der Waals surface area (Å²) < 4.78 is 1.84. The van der Waals surface area contributed by atoms with Crippen LogP contribution in [0.25, 0.3) is 0 Å². The van der Waals surface area contributed by atoms with Crippen LogP contribution in [-0.2, 0) is 11.3 Å². The van der Waals surface area contributed by atoms with Crippen LogP contribution < -0.4 is 10.2 Å². The Morgan fingerprint density at radius 1 is 1.16 bits per heavy atom. The SMILES string of the molecule is CCCCSc1nnc(SCC(=O)NCc2ccc(N(C)C)cc2)s1. The molecule has 0 aliphatic heterocycles. The highest BCUT2D eigenvalue weighted by Gasteiger charge is 2.08. The summed E-state index contributed by atoms with van der Waals surface area (Å²) >= 11 is 4.74. The number of hydrogen-bond donors (Lipinski definition) is 1. The number of thioether (sulfide) groups is 2. The van der Waals surface area contributed by atoms with E-state index in [9.17, 15) is 4.79 Å². The summed E-state index contributed by atoms with van der Waals surface area (Å²) in [5.41, 5.74) is 2.24. The summed E-state index contributed by atoms with van der Waals surface area (Å²) in [7, 11) is 4.02. The first-order valence-corrected chi connectivity index (χ1v) is 11.0. The van der Waals surface area contributed by atoms with Crippen molar-refractivity contribution in [3.63, 3.8) is 0 Å². The maximum atomic E-state index is 12.0. The molecule has 1 aromatic heterocycles. The molecule has 1 aromatic carbocycles. The number of aromatic nitrogens is 2. The summed E-state index contributed by atoms with van der Waals surface area (Å²) in [5, 5.41) is 11.2. The van der Waals surface area contributed by atoms with Crippen LogP contribution in [0.5, 0.6) is 0 Å². The standard InChI is InChI=1S/C17H24N4OS3/c1-4-5-10-23-16-19-20-17(25-16)24-12-15(22)18-11-13-6-8-14(9-7-13)21(2)3/h6-9H,4-5,10-12H2,1-3H3,(H,18,22). The molecule has 0 radical (unpaired) electrons. The minimum atomic E-state index is 0.0112. The second-order valence-corrected chi connectivity index (χ2v) is 9.20. The Hall–Kier alpha value is -1.25. The number of anilines is 1. The van der Waals surface area contributed by atoms with E-state index < -0.39 is 0 Å². The van der Waals surface area contributed by atoms with Crippen molar-refractivity contribution in [3.8, 4) is 0 Å². The van der Waals surface area contributed by atoms with Crippen molar-refractivity contribution >= 4 is 46.5 Å². The van der Waals surface area contributed by atoms with E-state index in [0.717, 1.165) is 25.7 Å². The van der Waals surface area contributed by atoms with Gasteiger partial charge in [0.15, 0.2) is 8.68 Å². The van der Waals surface area contributed by atoms with Gasteiger partial charge in [-0.3, -0.25) is 4.79 Å². The van der Waals surface area contributed by atoms with Crippen molar-refractivity contribution in [2.75, 3.05) is 30.5 Å². The summed E-state index contributed by atoms with van der Waals surface area (Å²) in [4.78, 5) is 14.0. The highest BCUT2D eigenvalue weighted by molar-refractivity contribution is 8.03. The van der Waals surface area contributed by atoms with E-state index in [-0.39, 0.29) is 5.91 Å². The maximum Gasteiger partial charge on any atom is 0.230 e. The van der Waals surface area contributed by atoms with Crippen LogP contribution in [0.2, 0.25) is 0 Å². The molecular weight excluding hydrogens is 372 g/mol. The summed E-state index contributed by atoms with van der Waals surface area (Å²) in [6.07, 6.45) is 2.37. The van der Waals surface area contributed by atoms with Crippen molar-refractivity contribution in [2.45, 2.75) is 35.0 Å². The zero-order valence-corrected chi connectivity index (χ0v) is 17.3. The van der Waals surface area contributed by atoms with Gasteiger partial charge in [-0.2, -0.15) is 0 Å². The summed E-state index contributed by atoms with van der Waals surface area (Å²) in [6, 6.07) is 8.17. The van der Waals surface area contributed by atoms with Crippen LogP contribution in [0.15, 0.2) is 32.9 Å². The van der Waals surface area contributed by atoms with Crippen molar-refractivity contribution in [2.24, 2.45) is 0 Å². The molecule has 0 spiro atoms. The molecule has 0 atom stereocenters. The van der Waals surface area contributed by atoms with Gasteiger partial charge in [0, 0.05) is 32.1 Å². The number of amides is 1. The van der Waals surface area contributed by atoms with Crippen molar-refractivity contribution in [1.82, 2.24) is 15.5 Å². The molecule has 136 valence electrons. The van der Waals surface area contributed by atoms with Gasteiger partial charge in [-0.1, -0.05) is 60.3 Å². The molecule has 1 heterocycles. The van der Waals surface area contributed by atoms with Crippen molar-refractivity contribution in [1.29, 1.82) is 0 Å². The van der Waals surface area contributed by atoms with Crippen LogP contribution in [0, 0.1) is 0 Å². The number of rotatable bonds is 10. The van der Waals surface area contributed by atoms with E-state index in [0.29, 0.717) is 12.3 Å². The molecule has 0 aliphatic carbocycles. The number of nitrogens with one attached hydrogen (secondary N) is 1. The lowest BCUT2D eigenvalue weighted by Crippen LogP contribution is -2.24. The number of nitrogens with zero attached hydrogens (tertiary/aromatic N) is 3. The Bertz CT molecular complexity index is 658. The summed E-state index contributed by atoms with van der Waals surface area (Å²) in [5.74, 6) is 1.45. The lowest BCUT2D eigenvalue weighted by molar-refractivity contribution is -0.118. The first-order valence-electron chi connectivity index (χ1n) is 8.20. The van der Waals surface area contributed by atoms with Crippen LogP contribution in [0.4, 0.5) is 5.69 Å². The molecule has 0 saturated heterocycles. The lowest BCUT2D eigenvalue weighted by atomic mass is 10.2.